The Morgan fingerprint density at radius 3 is 2.81 bits per heavy atom. The second kappa shape index (κ2) is 6.53. The molecule has 0 fully saturated rings. The van der Waals surface area contributed by atoms with Crippen LogP contribution in [0.4, 0.5) is 11.6 Å². The molecule has 112 valence electrons. The fraction of sp³-hybridized carbons (Fsp3) is 0.417. The minimum Gasteiger partial charge on any atom is -0.354 e. The molecule has 2 rings (SSSR count). The Labute approximate surface area is 126 Å². The van der Waals surface area contributed by atoms with Crippen molar-refractivity contribution in [2.75, 3.05) is 11.9 Å². The number of rotatable bonds is 6. The molecule has 0 aliphatic carbocycles. The van der Waals surface area contributed by atoms with Gasteiger partial charge in [0.05, 0.1) is 4.92 Å². The zero-order valence-corrected chi connectivity index (χ0v) is 12.8. The summed E-state index contributed by atoms with van der Waals surface area (Å²) in [7, 11) is 1.82. The first kappa shape index (κ1) is 15.2. The van der Waals surface area contributed by atoms with Gasteiger partial charge < -0.3 is 9.88 Å². The fourth-order valence-corrected chi connectivity index (χ4v) is 2.62. The van der Waals surface area contributed by atoms with Gasteiger partial charge in [0.25, 0.3) is 0 Å². The smallest absolute Gasteiger partial charge is 0.322 e. The Balaban J connectivity index is 2.42. The topological polar surface area (TPSA) is 98.8 Å². The molecule has 0 aliphatic heterocycles. The lowest BCUT2D eigenvalue weighted by molar-refractivity contribution is -0.389. The van der Waals surface area contributed by atoms with Gasteiger partial charge in [-0.1, -0.05) is 6.92 Å². The van der Waals surface area contributed by atoms with Crippen molar-refractivity contribution >= 4 is 23.4 Å². The zero-order chi connectivity index (χ0) is 15.4. The molecule has 0 unspecified atom stereocenters. The lowest BCUT2D eigenvalue weighted by atomic mass is 10.4. The number of aryl methyl sites for hydroxylation is 2. The van der Waals surface area contributed by atoms with E-state index in [2.05, 4.69) is 20.3 Å². The van der Waals surface area contributed by atoms with Gasteiger partial charge in [0.1, 0.15) is 5.69 Å². The van der Waals surface area contributed by atoms with Crippen molar-refractivity contribution in [3.63, 3.8) is 0 Å². The van der Waals surface area contributed by atoms with E-state index in [1.807, 2.05) is 14.0 Å². The highest BCUT2D eigenvalue weighted by atomic mass is 32.2. The Kier molecular flexibility index (Phi) is 4.73. The maximum absolute atomic E-state index is 11.2. The van der Waals surface area contributed by atoms with Crippen LogP contribution in [0.5, 0.6) is 0 Å². The van der Waals surface area contributed by atoms with Crippen LogP contribution in [0.25, 0.3) is 0 Å². The van der Waals surface area contributed by atoms with E-state index in [-0.39, 0.29) is 5.69 Å². The first-order chi connectivity index (χ1) is 10.0. The van der Waals surface area contributed by atoms with Crippen LogP contribution in [0.1, 0.15) is 19.0 Å². The molecular formula is C12H16N6O2S. The third kappa shape index (κ3) is 3.48. The lowest BCUT2D eigenvalue weighted by Crippen LogP contribution is -2.08. The van der Waals surface area contributed by atoms with Gasteiger partial charge in [-0.05, 0) is 25.1 Å². The second-order valence-electron chi connectivity index (χ2n) is 4.39. The molecule has 0 radical (unpaired) electrons. The van der Waals surface area contributed by atoms with Gasteiger partial charge in [0.15, 0.2) is 10.2 Å². The number of nitrogens with zero attached hydrogens (tertiary/aromatic N) is 5. The molecular weight excluding hydrogens is 292 g/mol. The Morgan fingerprint density at radius 1 is 1.48 bits per heavy atom. The highest BCUT2D eigenvalue weighted by Gasteiger charge is 2.24. The number of anilines is 1. The van der Waals surface area contributed by atoms with Crippen LogP contribution in [-0.2, 0) is 7.05 Å². The van der Waals surface area contributed by atoms with Crippen molar-refractivity contribution in [2.24, 2.45) is 7.05 Å². The summed E-state index contributed by atoms with van der Waals surface area (Å²) in [6, 6.07) is 0. The first-order valence-corrected chi connectivity index (χ1v) is 7.26. The summed E-state index contributed by atoms with van der Waals surface area (Å²) in [5.74, 6) is 0.400. The summed E-state index contributed by atoms with van der Waals surface area (Å²) >= 11 is 1.16. The van der Waals surface area contributed by atoms with E-state index in [1.54, 1.807) is 23.9 Å². The molecule has 2 aromatic heterocycles. The van der Waals surface area contributed by atoms with Crippen LogP contribution >= 0.6 is 11.8 Å². The number of aromatic nitrogens is 4. The van der Waals surface area contributed by atoms with Gasteiger partial charge in [0.2, 0.25) is 5.95 Å². The quantitative estimate of drug-likeness (QED) is 0.497. The average Bonchev–Trinajstić information content (AvgIpc) is 2.81. The molecule has 0 amide bonds. The second-order valence-corrected chi connectivity index (χ2v) is 5.35. The maximum atomic E-state index is 11.2. The van der Waals surface area contributed by atoms with Gasteiger partial charge >= 0.3 is 5.69 Å². The number of imidazole rings is 1. The molecule has 0 saturated carbocycles. The largest absolute Gasteiger partial charge is 0.354 e. The van der Waals surface area contributed by atoms with Crippen molar-refractivity contribution in [3.05, 3.63) is 28.2 Å². The monoisotopic (exact) mass is 308 g/mol. The maximum Gasteiger partial charge on any atom is 0.322 e. The minimum atomic E-state index is -0.454. The molecule has 0 atom stereocenters. The Bertz CT molecular complexity index is 657. The van der Waals surface area contributed by atoms with Crippen LogP contribution in [0.3, 0.4) is 0 Å². The van der Waals surface area contributed by atoms with E-state index < -0.39 is 4.92 Å². The molecule has 1 N–H and O–H groups in total. The van der Waals surface area contributed by atoms with Crippen molar-refractivity contribution in [2.45, 2.75) is 30.5 Å². The highest BCUT2D eigenvalue weighted by molar-refractivity contribution is 7.99. The molecule has 2 aromatic rings. The van der Waals surface area contributed by atoms with Crippen molar-refractivity contribution in [3.8, 4) is 0 Å². The van der Waals surface area contributed by atoms with Gasteiger partial charge in [-0.25, -0.2) is 9.97 Å². The third-order valence-corrected chi connectivity index (χ3v) is 3.76. The predicted octanol–water partition coefficient (Wildman–Crippen LogP) is 2.40. The van der Waals surface area contributed by atoms with E-state index in [1.165, 1.54) is 0 Å². The standard InChI is InChI=1S/C12H16N6O2S/c1-4-5-13-11-15-8(2)9(18(19)20)10(16-11)21-12-14-6-7-17(12)3/h6-7H,4-5H2,1-3H3,(H,13,15,16). The van der Waals surface area contributed by atoms with Crippen LogP contribution < -0.4 is 5.32 Å². The fourth-order valence-electron chi connectivity index (χ4n) is 1.67. The van der Waals surface area contributed by atoms with E-state index in [4.69, 9.17) is 0 Å². The van der Waals surface area contributed by atoms with Gasteiger partial charge in [-0.15, -0.1) is 0 Å². The molecule has 21 heavy (non-hydrogen) atoms. The summed E-state index contributed by atoms with van der Waals surface area (Å²) < 4.78 is 1.78. The Hall–Kier alpha value is -2.16. The number of nitrogens with one attached hydrogen (secondary N) is 1. The van der Waals surface area contributed by atoms with Crippen molar-refractivity contribution < 1.29 is 4.92 Å². The number of nitro groups is 1. The first-order valence-electron chi connectivity index (χ1n) is 6.45. The minimum absolute atomic E-state index is 0.0787. The van der Waals surface area contributed by atoms with Gasteiger partial charge in [-0.2, -0.15) is 4.98 Å². The molecule has 0 spiro atoms. The third-order valence-electron chi connectivity index (χ3n) is 2.71. The van der Waals surface area contributed by atoms with E-state index in [9.17, 15) is 10.1 Å². The molecule has 0 aliphatic rings. The van der Waals surface area contributed by atoms with Crippen LogP contribution in [0.2, 0.25) is 0 Å². The molecule has 0 aromatic carbocycles. The predicted molar refractivity (Wildman–Crippen MR) is 79.5 cm³/mol. The molecule has 0 saturated heterocycles. The molecule has 9 heteroatoms. The molecule has 2 heterocycles. The molecule has 8 nitrogen and oxygen atoms in total. The van der Waals surface area contributed by atoms with Crippen molar-refractivity contribution in [1.82, 2.24) is 19.5 Å². The van der Waals surface area contributed by atoms with Crippen LogP contribution in [-0.4, -0.2) is 31.0 Å². The lowest BCUT2D eigenvalue weighted by Gasteiger charge is -2.08. The zero-order valence-electron chi connectivity index (χ0n) is 12.0. The normalized spacial score (nSPS) is 10.6. The molecule has 0 bridgehead atoms. The van der Waals surface area contributed by atoms with Gasteiger partial charge in [0, 0.05) is 26.0 Å². The summed E-state index contributed by atoms with van der Waals surface area (Å²) in [6.45, 7) is 4.35. The SMILES string of the molecule is CCCNc1nc(C)c([N+](=O)[O-])c(Sc2nccn2C)n1. The summed E-state index contributed by atoms with van der Waals surface area (Å²) in [4.78, 5) is 23.3. The number of hydrogen-bond donors (Lipinski definition) is 1. The van der Waals surface area contributed by atoms with Gasteiger partial charge in [-0.3, -0.25) is 10.1 Å². The summed E-state index contributed by atoms with van der Waals surface area (Å²) in [6.07, 6.45) is 4.33. The van der Waals surface area contributed by atoms with E-state index in [0.29, 0.717) is 28.4 Å². The van der Waals surface area contributed by atoms with E-state index in [0.717, 1.165) is 18.2 Å². The summed E-state index contributed by atoms with van der Waals surface area (Å²) in [5, 5.41) is 15.2. The van der Waals surface area contributed by atoms with Crippen LogP contribution in [0, 0.1) is 17.0 Å². The highest BCUT2D eigenvalue weighted by Crippen LogP contribution is 2.34. The van der Waals surface area contributed by atoms with Crippen LogP contribution in [0.15, 0.2) is 22.6 Å². The average molecular weight is 308 g/mol. The Morgan fingerprint density at radius 2 is 2.24 bits per heavy atom. The summed E-state index contributed by atoms with van der Waals surface area (Å²) in [5.41, 5.74) is 0.260. The van der Waals surface area contributed by atoms with E-state index >= 15 is 0 Å². The van der Waals surface area contributed by atoms with Crippen molar-refractivity contribution in [1.29, 1.82) is 0 Å². The number of hydrogen-bond acceptors (Lipinski definition) is 7.